The van der Waals surface area contributed by atoms with Crippen molar-refractivity contribution in [3.8, 4) is 0 Å². The molecule has 5 heteroatoms. The Kier molecular flexibility index (Phi) is 6.42. The van der Waals surface area contributed by atoms with Gasteiger partial charge in [0.2, 0.25) is 0 Å². The second-order valence-electron chi connectivity index (χ2n) is 5.10. The fourth-order valence-electron chi connectivity index (χ4n) is 1.77. The van der Waals surface area contributed by atoms with Gasteiger partial charge in [0.25, 0.3) is 5.91 Å². The van der Waals surface area contributed by atoms with E-state index in [0.717, 1.165) is 12.8 Å². The number of nitrogens with zero attached hydrogens (tertiary/aromatic N) is 1. The summed E-state index contributed by atoms with van der Waals surface area (Å²) in [5.74, 6) is -0.496. The maximum atomic E-state index is 14.2. The molecule has 0 fully saturated rings. The number of carbonyl (C=O) groups is 1. The van der Waals surface area contributed by atoms with Gasteiger partial charge in [-0.15, -0.1) is 0 Å². The van der Waals surface area contributed by atoms with E-state index < -0.39 is 11.7 Å². The number of rotatable bonds is 7. The number of hydrogen-bond donors (Lipinski definition) is 2. The Morgan fingerprint density at radius 2 is 2.10 bits per heavy atom. The molecular formula is C15H24FN3O. The van der Waals surface area contributed by atoms with Crippen molar-refractivity contribution in [3.05, 3.63) is 23.6 Å². The minimum atomic E-state index is -0.588. The van der Waals surface area contributed by atoms with Crippen molar-refractivity contribution < 1.29 is 9.18 Å². The van der Waals surface area contributed by atoms with E-state index in [9.17, 15) is 9.18 Å². The number of aromatic nitrogens is 1. The number of nitrogens with one attached hydrogen (secondary N) is 2. The standard InChI is InChI=1S/C15H24FN3O/c1-5-8-17-14-13(16)12(7-9-18-14)15(20)19-11(4)10(3)6-2/h7,9-11H,5-6,8H2,1-4H3,(H,17,18)(H,19,20). The van der Waals surface area contributed by atoms with Gasteiger partial charge in [-0.1, -0.05) is 27.2 Å². The number of amides is 1. The number of anilines is 1. The zero-order valence-electron chi connectivity index (χ0n) is 12.7. The largest absolute Gasteiger partial charge is 0.368 e. The molecule has 0 saturated heterocycles. The first-order valence-corrected chi connectivity index (χ1v) is 7.20. The first-order valence-electron chi connectivity index (χ1n) is 7.20. The van der Waals surface area contributed by atoms with Crippen LogP contribution in [0.5, 0.6) is 0 Å². The summed E-state index contributed by atoms with van der Waals surface area (Å²) in [6.45, 7) is 8.66. The molecule has 0 saturated carbocycles. The minimum Gasteiger partial charge on any atom is -0.368 e. The molecule has 112 valence electrons. The molecule has 2 unspecified atom stereocenters. The molecule has 0 spiro atoms. The third kappa shape index (κ3) is 4.18. The highest BCUT2D eigenvalue weighted by molar-refractivity contribution is 5.95. The topological polar surface area (TPSA) is 54.0 Å². The van der Waals surface area contributed by atoms with Gasteiger partial charge in [0.1, 0.15) is 0 Å². The van der Waals surface area contributed by atoms with E-state index in [1.165, 1.54) is 12.3 Å². The molecule has 0 aliphatic rings. The van der Waals surface area contributed by atoms with Gasteiger partial charge in [0.15, 0.2) is 11.6 Å². The summed E-state index contributed by atoms with van der Waals surface area (Å²) < 4.78 is 14.2. The van der Waals surface area contributed by atoms with Crippen LogP contribution in [-0.4, -0.2) is 23.5 Å². The van der Waals surface area contributed by atoms with E-state index in [4.69, 9.17) is 0 Å². The van der Waals surface area contributed by atoms with Crippen LogP contribution in [0.2, 0.25) is 0 Å². The zero-order chi connectivity index (χ0) is 15.1. The van der Waals surface area contributed by atoms with E-state index in [1.54, 1.807) is 0 Å². The lowest BCUT2D eigenvalue weighted by molar-refractivity contribution is 0.0924. The Hall–Kier alpha value is -1.65. The van der Waals surface area contributed by atoms with Crippen LogP contribution in [0.25, 0.3) is 0 Å². The first kappa shape index (κ1) is 16.4. The number of carbonyl (C=O) groups excluding carboxylic acids is 1. The zero-order valence-corrected chi connectivity index (χ0v) is 12.7. The smallest absolute Gasteiger partial charge is 0.254 e. The molecule has 1 rings (SSSR count). The van der Waals surface area contributed by atoms with Gasteiger partial charge in [-0.05, 0) is 25.3 Å². The Morgan fingerprint density at radius 1 is 1.40 bits per heavy atom. The summed E-state index contributed by atoms with van der Waals surface area (Å²) in [7, 11) is 0. The van der Waals surface area contributed by atoms with Crippen molar-refractivity contribution in [3.63, 3.8) is 0 Å². The molecule has 0 aliphatic carbocycles. The first-order chi connectivity index (χ1) is 9.51. The average molecular weight is 281 g/mol. The highest BCUT2D eigenvalue weighted by atomic mass is 19.1. The number of pyridine rings is 1. The van der Waals surface area contributed by atoms with Crippen molar-refractivity contribution in [2.75, 3.05) is 11.9 Å². The molecule has 1 amide bonds. The third-order valence-electron chi connectivity index (χ3n) is 3.53. The molecule has 0 aliphatic heterocycles. The van der Waals surface area contributed by atoms with Crippen molar-refractivity contribution in [2.45, 2.75) is 46.6 Å². The van der Waals surface area contributed by atoms with Crippen LogP contribution < -0.4 is 10.6 Å². The van der Waals surface area contributed by atoms with E-state index in [1.807, 2.05) is 13.8 Å². The lowest BCUT2D eigenvalue weighted by Gasteiger charge is -2.20. The van der Waals surface area contributed by atoms with Crippen molar-refractivity contribution in [1.29, 1.82) is 0 Å². The van der Waals surface area contributed by atoms with Gasteiger partial charge in [-0.25, -0.2) is 9.37 Å². The predicted octanol–water partition coefficient (Wildman–Crippen LogP) is 3.21. The summed E-state index contributed by atoms with van der Waals surface area (Å²) in [4.78, 5) is 16.0. The second-order valence-corrected chi connectivity index (χ2v) is 5.10. The van der Waals surface area contributed by atoms with Crippen LogP contribution in [-0.2, 0) is 0 Å². The van der Waals surface area contributed by atoms with Gasteiger partial charge >= 0.3 is 0 Å². The molecule has 0 aromatic carbocycles. The van der Waals surface area contributed by atoms with Gasteiger partial charge in [-0.2, -0.15) is 0 Å². The molecule has 0 bridgehead atoms. The van der Waals surface area contributed by atoms with Gasteiger partial charge < -0.3 is 10.6 Å². The Morgan fingerprint density at radius 3 is 2.70 bits per heavy atom. The lowest BCUT2D eigenvalue weighted by atomic mass is 10.0. The highest BCUT2D eigenvalue weighted by Crippen LogP contribution is 2.16. The Bertz CT molecular complexity index is 451. The van der Waals surface area contributed by atoms with Crippen LogP contribution in [0, 0.1) is 11.7 Å². The molecular weight excluding hydrogens is 257 g/mol. The van der Waals surface area contributed by atoms with Crippen LogP contribution in [0.3, 0.4) is 0 Å². The molecule has 1 aromatic rings. The maximum absolute atomic E-state index is 14.2. The van der Waals surface area contributed by atoms with E-state index in [-0.39, 0.29) is 17.4 Å². The van der Waals surface area contributed by atoms with Gasteiger partial charge in [0.05, 0.1) is 5.56 Å². The van der Waals surface area contributed by atoms with Crippen molar-refractivity contribution in [1.82, 2.24) is 10.3 Å². The van der Waals surface area contributed by atoms with Gasteiger partial charge in [0, 0.05) is 18.8 Å². The van der Waals surface area contributed by atoms with Crippen LogP contribution in [0.1, 0.15) is 50.9 Å². The van der Waals surface area contributed by atoms with Gasteiger partial charge in [-0.3, -0.25) is 4.79 Å². The van der Waals surface area contributed by atoms with Crippen molar-refractivity contribution in [2.24, 2.45) is 5.92 Å². The number of halogens is 1. The monoisotopic (exact) mass is 281 g/mol. The molecule has 1 aromatic heterocycles. The van der Waals surface area contributed by atoms with Crippen LogP contribution in [0.4, 0.5) is 10.2 Å². The van der Waals surface area contributed by atoms with E-state index >= 15 is 0 Å². The fraction of sp³-hybridized carbons (Fsp3) is 0.600. The van der Waals surface area contributed by atoms with E-state index in [2.05, 4.69) is 29.5 Å². The summed E-state index contributed by atoms with van der Waals surface area (Å²) in [5, 5.41) is 5.72. The van der Waals surface area contributed by atoms with E-state index in [0.29, 0.717) is 12.5 Å². The average Bonchev–Trinajstić information content (AvgIpc) is 2.45. The van der Waals surface area contributed by atoms with Crippen molar-refractivity contribution >= 4 is 11.7 Å². The molecule has 2 N–H and O–H groups in total. The van der Waals surface area contributed by atoms with Crippen LogP contribution in [0.15, 0.2) is 12.3 Å². The second kappa shape index (κ2) is 7.82. The fourth-order valence-corrected chi connectivity index (χ4v) is 1.77. The Balaban J connectivity index is 2.82. The molecule has 0 radical (unpaired) electrons. The maximum Gasteiger partial charge on any atom is 0.254 e. The summed E-state index contributed by atoms with van der Waals surface area (Å²) in [6, 6.07) is 1.41. The highest BCUT2D eigenvalue weighted by Gasteiger charge is 2.19. The quantitative estimate of drug-likeness (QED) is 0.807. The normalized spacial score (nSPS) is 13.7. The molecule has 4 nitrogen and oxygen atoms in total. The summed E-state index contributed by atoms with van der Waals surface area (Å²) >= 11 is 0. The Labute approximate surface area is 120 Å². The summed E-state index contributed by atoms with van der Waals surface area (Å²) in [6.07, 6.45) is 3.27. The molecule has 1 heterocycles. The summed E-state index contributed by atoms with van der Waals surface area (Å²) in [5.41, 5.74) is 0.0359. The lowest BCUT2D eigenvalue weighted by Crippen LogP contribution is -2.37. The predicted molar refractivity (Wildman–Crippen MR) is 79.4 cm³/mol. The number of hydrogen-bond acceptors (Lipinski definition) is 3. The molecule has 20 heavy (non-hydrogen) atoms. The third-order valence-corrected chi connectivity index (χ3v) is 3.53. The van der Waals surface area contributed by atoms with Crippen LogP contribution >= 0.6 is 0 Å². The molecule has 2 atom stereocenters. The SMILES string of the molecule is CCCNc1nccc(C(=O)NC(C)C(C)CC)c1F. The minimum absolute atomic E-state index is 0.00659.